The molecule has 5 heterocycles. The van der Waals surface area contributed by atoms with Crippen LogP contribution in [0, 0.1) is 0 Å². The van der Waals surface area contributed by atoms with Crippen LogP contribution in [0.1, 0.15) is 12.7 Å². The van der Waals surface area contributed by atoms with Gasteiger partial charge in [-0.2, -0.15) is 17.2 Å². The van der Waals surface area contributed by atoms with Crippen LogP contribution >= 0.6 is 62.0 Å². The Balaban J connectivity index is 0.00000101. The van der Waals surface area contributed by atoms with Gasteiger partial charge in [0.25, 0.3) is 11.8 Å². The van der Waals surface area contributed by atoms with Crippen molar-refractivity contribution in [1.29, 1.82) is 0 Å². The molecule has 0 saturated carbocycles. The number of hydrogen-bond acceptors (Lipinski definition) is 17. The number of nitrogens with one attached hydrogen (secondary N) is 2. The zero-order valence-electron chi connectivity index (χ0n) is 25.2. The van der Waals surface area contributed by atoms with Crippen molar-refractivity contribution in [3.8, 4) is 11.3 Å². The number of oxime groups is 1. The van der Waals surface area contributed by atoms with Gasteiger partial charge in [-0.3, -0.25) is 19.6 Å². The van der Waals surface area contributed by atoms with Gasteiger partial charge >= 0.3 is 43.3 Å². The number of carbonyl (C=O) groups is 3. The number of pyridine rings is 1. The minimum Gasteiger partial charge on any atom is -0.822 e. The van der Waals surface area contributed by atoms with Crippen molar-refractivity contribution in [2.45, 2.75) is 22.7 Å². The molecule has 3 aromatic heterocycles. The summed E-state index contributed by atoms with van der Waals surface area (Å²) in [5.41, 5.74) is 1.06. The second-order valence-corrected chi connectivity index (χ2v) is 15.4. The van der Waals surface area contributed by atoms with E-state index in [1.54, 1.807) is 6.92 Å². The molecule has 0 radical (unpaired) electrons. The number of amides is 2. The van der Waals surface area contributed by atoms with E-state index in [-0.39, 0.29) is 58.6 Å². The van der Waals surface area contributed by atoms with Gasteiger partial charge in [0.15, 0.2) is 16.7 Å². The molecule has 5 rings (SSSR count). The first-order valence-electron chi connectivity index (χ1n) is 12.9. The molecule has 1 saturated heterocycles. The third-order valence-electron chi connectivity index (χ3n) is 5.77. The van der Waals surface area contributed by atoms with Crippen LogP contribution in [0.3, 0.4) is 0 Å². The summed E-state index contributed by atoms with van der Waals surface area (Å²) in [6.45, 7) is 1.70. The van der Waals surface area contributed by atoms with Crippen LogP contribution in [0.5, 0.6) is 0 Å². The van der Waals surface area contributed by atoms with Crippen molar-refractivity contribution < 1.29 is 92.0 Å². The van der Waals surface area contributed by atoms with E-state index in [1.165, 1.54) is 34.9 Å². The average molecular weight is 804 g/mol. The maximum Gasteiger partial charge on any atom is 1.00 e. The normalized spacial score (nSPS) is 17.6. The van der Waals surface area contributed by atoms with Gasteiger partial charge in [-0.25, -0.2) is 18.9 Å². The Morgan fingerprint density at radius 2 is 1.88 bits per heavy atom. The minimum atomic E-state index is -5.39. The fourth-order valence-electron chi connectivity index (χ4n) is 3.90. The summed E-state index contributed by atoms with van der Waals surface area (Å²) >= 11 is 4.40. The predicted molar refractivity (Wildman–Crippen MR) is 166 cm³/mol. The molecule has 258 valence electrons. The van der Waals surface area contributed by atoms with E-state index in [0.29, 0.717) is 20.8 Å². The fourth-order valence-corrected chi connectivity index (χ4v) is 8.60. The maximum absolute atomic E-state index is 13.2. The summed E-state index contributed by atoms with van der Waals surface area (Å²) in [7, 11) is -8.16. The van der Waals surface area contributed by atoms with E-state index in [1.807, 2.05) is 46.6 Å². The van der Waals surface area contributed by atoms with Crippen molar-refractivity contribution in [3.05, 3.63) is 46.3 Å². The van der Waals surface area contributed by atoms with Crippen LogP contribution in [0.4, 0.5) is 5.13 Å². The third-order valence-corrected chi connectivity index (χ3v) is 10.5. The van der Waals surface area contributed by atoms with Crippen molar-refractivity contribution in [3.63, 3.8) is 0 Å². The molecule has 1 fully saturated rings. The number of carboxylic acid groups (broad SMARTS) is 1. The number of anilines is 1. The number of aromatic nitrogens is 4. The number of thioether (sulfide) groups is 2. The smallest absolute Gasteiger partial charge is 0.822 e. The number of β-lactam (4-membered cyclic amide) rings is 1. The molecule has 2 aliphatic rings. The van der Waals surface area contributed by atoms with Gasteiger partial charge in [0.05, 0.1) is 5.69 Å². The monoisotopic (exact) mass is 803 g/mol. The number of phosphoric acid groups is 1. The molecule has 2 atom stereocenters. The van der Waals surface area contributed by atoms with Gasteiger partial charge in [-0.1, -0.05) is 16.9 Å². The van der Waals surface area contributed by atoms with E-state index in [9.17, 15) is 24.1 Å². The predicted octanol–water partition coefficient (Wildman–Crippen LogP) is -4.60. The van der Waals surface area contributed by atoms with Crippen molar-refractivity contribution in [2.24, 2.45) is 12.2 Å². The number of rotatable bonds is 11. The van der Waals surface area contributed by atoms with Crippen LogP contribution in [0.25, 0.3) is 11.3 Å². The summed E-state index contributed by atoms with van der Waals surface area (Å²) < 4.78 is 26.2. The molecule has 0 aromatic carbocycles. The maximum atomic E-state index is 13.2. The molecule has 2 aliphatic heterocycles. The first-order chi connectivity index (χ1) is 22.4. The zero-order chi connectivity index (χ0) is 35.4. The SMILES string of the molecule is CCO/N=C(\C(=O)NC1C(=O)N2C(C(=O)O)=C(Sc3nc(-c4cc[n+](C)cc4)cs3)CSC12)c1nsc(NP(=O)(O)O)n1.O=P([O-])([O-])[O-].[Na+]. The Hall–Kier alpha value is -2.28. The molecule has 0 spiro atoms. The first kappa shape index (κ1) is 41.1. The molecule has 0 bridgehead atoms. The fraction of sp³-hybridized carbons (Fsp3) is 0.273. The van der Waals surface area contributed by atoms with Crippen molar-refractivity contribution >= 4 is 90.6 Å². The second kappa shape index (κ2) is 17.3. The van der Waals surface area contributed by atoms with Gasteiger partial charge in [0, 0.05) is 45.3 Å². The molecular formula is C22H22N8NaO12P2S4-. The number of fused-ring (bicyclic) bond motifs is 1. The van der Waals surface area contributed by atoms with Gasteiger partial charge in [0.2, 0.25) is 16.7 Å². The topological polar surface area (TPSA) is 307 Å². The van der Waals surface area contributed by atoms with E-state index < -0.39 is 50.5 Å². The van der Waals surface area contributed by atoms with Crippen LogP contribution in [0.2, 0.25) is 0 Å². The Morgan fingerprint density at radius 3 is 2.47 bits per heavy atom. The van der Waals surface area contributed by atoms with Crippen LogP contribution in [-0.2, 0) is 35.4 Å². The number of carbonyl (C=O) groups excluding carboxylic acids is 2. The molecule has 2 amide bonds. The van der Waals surface area contributed by atoms with Crippen LogP contribution in [-0.4, -0.2) is 81.4 Å². The number of hydrogen-bond donors (Lipinski definition) is 5. The quantitative estimate of drug-likeness (QED) is 0.0304. The molecule has 20 nitrogen and oxygen atoms in total. The van der Waals surface area contributed by atoms with Crippen LogP contribution in [0.15, 0.2) is 50.0 Å². The third kappa shape index (κ3) is 11.4. The summed E-state index contributed by atoms with van der Waals surface area (Å²) in [5.74, 6) is -2.84. The number of thiazole rings is 1. The Bertz CT molecular complexity index is 1860. The number of aryl methyl sites for hydroxylation is 1. The Labute approximate surface area is 315 Å². The second-order valence-electron chi connectivity index (χ2n) is 9.17. The largest absolute Gasteiger partial charge is 1.00 e. The molecule has 2 unspecified atom stereocenters. The van der Waals surface area contributed by atoms with Crippen LogP contribution < -0.4 is 59.2 Å². The van der Waals surface area contributed by atoms with Crippen molar-refractivity contribution in [1.82, 2.24) is 24.6 Å². The summed E-state index contributed by atoms with van der Waals surface area (Å²) in [5, 5.41) is 19.0. The molecule has 49 heavy (non-hydrogen) atoms. The van der Waals surface area contributed by atoms with E-state index in [0.717, 1.165) is 16.2 Å². The minimum absolute atomic E-state index is 0. The summed E-state index contributed by atoms with van der Waals surface area (Å²) in [4.78, 5) is 97.5. The summed E-state index contributed by atoms with van der Waals surface area (Å²) in [6, 6.07) is 2.77. The number of nitrogens with zero attached hydrogens (tertiary/aromatic N) is 6. The van der Waals surface area contributed by atoms with E-state index in [4.69, 9.17) is 33.9 Å². The first-order valence-corrected chi connectivity index (χ1v) is 19.5. The van der Waals surface area contributed by atoms with E-state index >= 15 is 0 Å². The van der Waals surface area contributed by atoms with E-state index in [2.05, 4.69) is 24.8 Å². The van der Waals surface area contributed by atoms with Gasteiger partial charge in [0.1, 0.15) is 30.8 Å². The number of aliphatic carboxylic acids is 1. The van der Waals surface area contributed by atoms with Crippen molar-refractivity contribution in [2.75, 3.05) is 17.4 Å². The molecular weight excluding hydrogens is 781 g/mol. The van der Waals surface area contributed by atoms with Gasteiger partial charge in [-0.15, -0.1) is 23.1 Å². The molecule has 5 N–H and O–H groups in total. The standard InChI is InChI=1S/C22H21N8O8PS4.Na.H3O4P/c1-3-38-26-13(16-25-21(43-28-16)27-39(35,36)37)17(31)24-14-18(32)30-15(20(33)34)12(9-40-19(14)30)42-22-23-11(8-41-22)10-4-6-29(2)7-5-10;;1-5(2,3)4/h4-8,14,19H,3,9H2,1-2H3,(H4-,24,25,27,28,31,33,34,35,36,37);;(H3,1,2,3,4)/q;+1;/p-2/b26-13-;;. The number of carboxylic acids is 1. The Morgan fingerprint density at radius 1 is 1.22 bits per heavy atom. The van der Waals surface area contributed by atoms with Gasteiger partial charge < -0.3 is 44.3 Å². The molecule has 27 heteroatoms. The Kier molecular flexibility index (Phi) is 14.5. The summed E-state index contributed by atoms with van der Waals surface area (Å²) in [6.07, 6.45) is 3.80. The molecule has 3 aromatic rings. The molecule has 0 aliphatic carbocycles. The van der Waals surface area contributed by atoms with Gasteiger partial charge in [-0.05, 0) is 6.92 Å². The zero-order valence-corrected chi connectivity index (χ0v) is 32.2. The average Bonchev–Trinajstić information content (AvgIpc) is 3.64.